The van der Waals surface area contributed by atoms with Gasteiger partial charge in [0.1, 0.15) is 0 Å². The van der Waals surface area contributed by atoms with Crippen molar-refractivity contribution in [2.45, 2.75) is 76.9 Å². The number of ether oxygens (including phenoxy) is 2. The van der Waals surface area contributed by atoms with E-state index >= 15 is 0 Å². The van der Waals surface area contributed by atoms with Crippen molar-refractivity contribution >= 4 is 17.7 Å². The Morgan fingerprint density at radius 3 is 2.67 bits per heavy atom. The molecule has 2 bridgehead atoms. The zero-order chi connectivity index (χ0) is 17.2. The third-order valence-electron chi connectivity index (χ3n) is 5.28. The number of fused-ring (bicyclic) bond motifs is 2. The monoisotopic (exact) mass is 358 g/mol. The van der Waals surface area contributed by atoms with Gasteiger partial charge < -0.3 is 14.6 Å². The summed E-state index contributed by atoms with van der Waals surface area (Å²) in [6.07, 6.45) is 10.4. The van der Waals surface area contributed by atoms with Gasteiger partial charge in [-0.25, -0.2) is 0 Å². The first-order valence-corrected chi connectivity index (χ1v) is 10.9. The summed E-state index contributed by atoms with van der Waals surface area (Å²) < 4.78 is 12.1. The number of carboxylic acids is 1. The molecular formula is C19H34O4S. The van der Waals surface area contributed by atoms with E-state index in [9.17, 15) is 4.79 Å². The van der Waals surface area contributed by atoms with E-state index in [2.05, 4.69) is 6.92 Å². The number of thioether (sulfide) groups is 1. The van der Waals surface area contributed by atoms with Crippen LogP contribution in [0.2, 0.25) is 0 Å². The van der Waals surface area contributed by atoms with Crippen LogP contribution in [0.5, 0.6) is 0 Å². The molecule has 2 heterocycles. The molecule has 0 aliphatic carbocycles. The molecule has 4 unspecified atom stereocenters. The number of aliphatic carboxylic acids is 1. The van der Waals surface area contributed by atoms with Crippen LogP contribution in [0.4, 0.5) is 0 Å². The van der Waals surface area contributed by atoms with Crippen molar-refractivity contribution in [3.8, 4) is 0 Å². The van der Waals surface area contributed by atoms with Crippen LogP contribution in [0.1, 0.15) is 64.7 Å². The van der Waals surface area contributed by atoms with Crippen molar-refractivity contribution in [1.82, 2.24) is 0 Å². The fraction of sp³-hybridized carbons (Fsp3) is 0.947. The van der Waals surface area contributed by atoms with E-state index in [4.69, 9.17) is 14.6 Å². The fourth-order valence-corrected chi connectivity index (χ4v) is 5.19. The second-order valence-corrected chi connectivity index (χ2v) is 8.33. The van der Waals surface area contributed by atoms with Crippen LogP contribution in [-0.4, -0.2) is 48.0 Å². The highest BCUT2D eigenvalue weighted by Crippen LogP contribution is 2.44. The summed E-state index contributed by atoms with van der Waals surface area (Å²) in [5.74, 6) is 2.71. The topological polar surface area (TPSA) is 55.8 Å². The van der Waals surface area contributed by atoms with Crippen molar-refractivity contribution in [2.75, 3.05) is 24.7 Å². The molecule has 4 atom stereocenters. The summed E-state index contributed by atoms with van der Waals surface area (Å²) >= 11 is 1.97. The van der Waals surface area contributed by atoms with Gasteiger partial charge in [0, 0.05) is 24.9 Å². The van der Waals surface area contributed by atoms with Gasteiger partial charge in [0.05, 0.1) is 18.8 Å². The minimum Gasteiger partial charge on any atom is -0.481 e. The van der Waals surface area contributed by atoms with Crippen LogP contribution >= 0.6 is 11.8 Å². The van der Waals surface area contributed by atoms with Gasteiger partial charge in [-0.1, -0.05) is 26.2 Å². The average Bonchev–Trinajstić information content (AvgIpc) is 3.15. The lowest BCUT2D eigenvalue weighted by Crippen LogP contribution is -2.32. The quantitative estimate of drug-likeness (QED) is 0.467. The fourth-order valence-electron chi connectivity index (χ4n) is 3.88. The first-order valence-electron chi connectivity index (χ1n) is 9.75. The van der Waals surface area contributed by atoms with E-state index in [1.807, 2.05) is 11.8 Å². The standard InChI is InChI=1S/C19H34O4S/c1-2-3-4-6-11-22-13-15-16(18-10-9-17(15)23-18)14-24-12-7-5-8-19(20)21/h15-18H,2-14H2,1H3,(H,20,21). The lowest BCUT2D eigenvalue weighted by molar-refractivity contribution is -0.137. The van der Waals surface area contributed by atoms with Gasteiger partial charge in [-0.05, 0) is 43.6 Å². The van der Waals surface area contributed by atoms with Crippen LogP contribution in [0.25, 0.3) is 0 Å². The van der Waals surface area contributed by atoms with Crippen LogP contribution in [0.15, 0.2) is 0 Å². The van der Waals surface area contributed by atoms with Crippen molar-refractivity contribution in [3.05, 3.63) is 0 Å². The molecule has 140 valence electrons. The molecule has 2 rings (SSSR count). The molecule has 4 nitrogen and oxygen atoms in total. The number of hydrogen-bond donors (Lipinski definition) is 1. The van der Waals surface area contributed by atoms with E-state index in [1.165, 1.54) is 38.5 Å². The van der Waals surface area contributed by atoms with Crippen molar-refractivity contribution in [3.63, 3.8) is 0 Å². The molecule has 0 aromatic heterocycles. The Kier molecular flexibility index (Phi) is 9.51. The van der Waals surface area contributed by atoms with Crippen LogP contribution < -0.4 is 0 Å². The third kappa shape index (κ3) is 6.57. The maximum absolute atomic E-state index is 10.5. The summed E-state index contributed by atoms with van der Waals surface area (Å²) in [6.45, 7) is 3.98. The van der Waals surface area contributed by atoms with E-state index in [-0.39, 0.29) is 0 Å². The number of rotatable bonds is 14. The van der Waals surface area contributed by atoms with Gasteiger partial charge in [0.25, 0.3) is 0 Å². The largest absolute Gasteiger partial charge is 0.481 e. The molecular weight excluding hydrogens is 324 g/mol. The van der Waals surface area contributed by atoms with E-state index in [0.717, 1.165) is 37.6 Å². The molecule has 0 amide bonds. The van der Waals surface area contributed by atoms with Gasteiger partial charge in [-0.2, -0.15) is 11.8 Å². The Hall–Kier alpha value is -0.260. The average molecular weight is 359 g/mol. The first kappa shape index (κ1) is 20.1. The second-order valence-electron chi connectivity index (χ2n) is 7.18. The summed E-state index contributed by atoms with van der Waals surface area (Å²) in [5.41, 5.74) is 0. The Bertz CT molecular complexity index is 363. The molecule has 0 spiro atoms. The SMILES string of the molecule is CCCCCCOCC1C2CCC(O2)C1CSCCCCC(=O)O. The second kappa shape index (κ2) is 11.4. The maximum atomic E-state index is 10.5. The van der Waals surface area contributed by atoms with E-state index < -0.39 is 5.97 Å². The number of unbranched alkanes of at least 4 members (excludes halogenated alkanes) is 4. The lowest BCUT2D eigenvalue weighted by Gasteiger charge is -2.27. The molecule has 1 N–H and O–H groups in total. The molecule has 0 aromatic rings. The predicted molar refractivity (Wildman–Crippen MR) is 98.6 cm³/mol. The van der Waals surface area contributed by atoms with Crippen LogP contribution in [0.3, 0.4) is 0 Å². The Balaban J connectivity index is 1.59. The van der Waals surface area contributed by atoms with E-state index in [1.54, 1.807) is 0 Å². The number of carbonyl (C=O) groups is 1. The normalized spacial score (nSPS) is 28.5. The molecule has 0 saturated carbocycles. The van der Waals surface area contributed by atoms with Gasteiger partial charge in [0.2, 0.25) is 0 Å². The molecule has 2 saturated heterocycles. The zero-order valence-electron chi connectivity index (χ0n) is 15.1. The molecule has 2 aliphatic heterocycles. The van der Waals surface area contributed by atoms with Gasteiger partial charge >= 0.3 is 5.97 Å². The molecule has 0 radical (unpaired) electrons. The van der Waals surface area contributed by atoms with Gasteiger partial charge in [-0.15, -0.1) is 0 Å². The lowest BCUT2D eigenvalue weighted by atomic mass is 9.81. The summed E-state index contributed by atoms with van der Waals surface area (Å²) in [6, 6.07) is 0. The maximum Gasteiger partial charge on any atom is 0.303 e. The first-order chi connectivity index (χ1) is 11.7. The van der Waals surface area contributed by atoms with Crippen LogP contribution in [-0.2, 0) is 14.3 Å². The molecule has 2 aliphatic rings. The zero-order valence-corrected chi connectivity index (χ0v) is 15.9. The predicted octanol–water partition coefficient (Wildman–Crippen LogP) is 4.37. The Morgan fingerprint density at radius 2 is 1.92 bits per heavy atom. The Morgan fingerprint density at radius 1 is 1.12 bits per heavy atom. The summed E-state index contributed by atoms with van der Waals surface area (Å²) in [4.78, 5) is 10.5. The van der Waals surface area contributed by atoms with Gasteiger partial charge in [0.15, 0.2) is 0 Å². The highest BCUT2D eigenvalue weighted by atomic mass is 32.2. The smallest absolute Gasteiger partial charge is 0.303 e. The van der Waals surface area contributed by atoms with Crippen molar-refractivity contribution < 1.29 is 19.4 Å². The van der Waals surface area contributed by atoms with Crippen LogP contribution in [0, 0.1) is 11.8 Å². The number of hydrogen-bond acceptors (Lipinski definition) is 4. The molecule has 0 aromatic carbocycles. The third-order valence-corrected chi connectivity index (χ3v) is 6.48. The van der Waals surface area contributed by atoms with Crippen molar-refractivity contribution in [1.29, 1.82) is 0 Å². The number of carboxylic acid groups (broad SMARTS) is 1. The van der Waals surface area contributed by atoms with E-state index in [0.29, 0.717) is 30.5 Å². The molecule has 5 heteroatoms. The minimum atomic E-state index is -0.683. The summed E-state index contributed by atoms with van der Waals surface area (Å²) in [5, 5.41) is 8.66. The molecule has 2 fully saturated rings. The highest BCUT2D eigenvalue weighted by molar-refractivity contribution is 7.99. The Labute approximate surface area is 151 Å². The molecule has 24 heavy (non-hydrogen) atoms. The van der Waals surface area contributed by atoms with Gasteiger partial charge in [-0.3, -0.25) is 4.79 Å². The highest BCUT2D eigenvalue weighted by Gasteiger charge is 2.48. The van der Waals surface area contributed by atoms with Crippen molar-refractivity contribution in [2.24, 2.45) is 11.8 Å². The minimum absolute atomic E-state index is 0.298. The summed E-state index contributed by atoms with van der Waals surface area (Å²) in [7, 11) is 0.